The molecule has 0 saturated heterocycles. The Labute approximate surface area is 144 Å². The van der Waals surface area contributed by atoms with E-state index >= 15 is 0 Å². The number of hydrogen-bond acceptors (Lipinski definition) is 2. The first-order valence-electron chi connectivity index (χ1n) is 8.29. The number of aromatic nitrogens is 2. The molecule has 0 spiro atoms. The molecular formula is C19H25ClN2O. The summed E-state index contributed by atoms with van der Waals surface area (Å²) in [4.78, 5) is 4.09. The molecular weight excluding hydrogens is 308 g/mol. The maximum Gasteiger partial charge on any atom is 0.0946 e. The van der Waals surface area contributed by atoms with E-state index in [1.807, 2.05) is 41.4 Å². The number of rotatable bonds is 10. The van der Waals surface area contributed by atoms with Crippen LogP contribution in [0.4, 0.5) is 0 Å². The van der Waals surface area contributed by atoms with Crippen molar-refractivity contribution in [3.05, 3.63) is 59.6 Å². The van der Waals surface area contributed by atoms with Gasteiger partial charge in [-0.15, -0.1) is 0 Å². The van der Waals surface area contributed by atoms with Crippen molar-refractivity contribution in [2.75, 3.05) is 6.61 Å². The smallest absolute Gasteiger partial charge is 0.0946 e. The van der Waals surface area contributed by atoms with Crippen LogP contribution in [0.15, 0.2) is 49.1 Å². The summed E-state index contributed by atoms with van der Waals surface area (Å²) < 4.78 is 8.09. The average molecular weight is 333 g/mol. The number of unbranched alkanes of at least 4 members (excludes halogenated alkanes) is 3. The van der Waals surface area contributed by atoms with Gasteiger partial charge in [0.2, 0.25) is 0 Å². The predicted octanol–water partition coefficient (Wildman–Crippen LogP) is 5.22. The predicted molar refractivity (Wildman–Crippen MR) is 96.6 cm³/mol. The molecule has 0 N–H and O–H groups in total. The van der Waals surface area contributed by atoms with Gasteiger partial charge < -0.3 is 9.30 Å². The van der Waals surface area contributed by atoms with E-state index < -0.39 is 0 Å². The maximum absolute atomic E-state index is 6.05. The van der Waals surface area contributed by atoms with Crippen LogP contribution in [0.25, 0.3) is 6.08 Å². The molecule has 1 aromatic carbocycles. The SMILES string of the molecule is CCCCCCOC(/C=C/c1ccc(Cl)cc1)Cn1ccnc1. The van der Waals surface area contributed by atoms with E-state index in [0.29, 0.717) is 0 Å². The van der Waals surface area contributed by atoms with Gasteiger partial charge in [-0.1, -0.05) is 62.1 Å². The molecule has 0 amide bonds. The highest BCUT2D eigenvalue weighted by molar-refractivity contribution is 6.30. The van der Waals surface area contributed by atoms with Crippen molar-refractivity contribution in [1.82, 2.24) is 9.55 Å². The zero-order chi connectivity index (χ0) is 16.3. The van der Waals surface area contributed by atoms with Crippen LogP contribution in [0, 0.1) is 0 Å². The van der Waals surface area contributed by atoms with E-state index in [4.69, 9.17) is 16.3 Å². The Hall–Kier alpha value is -1.58. The van der Waals surface area contributed by atoms with Crippen LogP contribution in [0.1, 0.15) is 38.2 Å². The molecule has 1 heterocycles. The largest absolute Gasteiger partial charge is 0.372 e. The molecule has 2 rings (SSSR count). The molecule has 0 aliphatic heterocycles. The van der Waals surface area contributed by atoms with Gasteiger partial charge >= 0.3 is 0 Å². The Morgan fingerprint density at radius 2 is 2.04 bits per heavy atom. The van der Waals surface area contributed by atoms with Crippen LogP contribution in [0.2, 0.25) is 5.02 Å². The fourth-order valence-electron chi connectivity index (χ4n) is 2.33. The molecule has 4 heteroatoms. The highest BCUT2D eigenvalue weighted by atomic mass is 35.5. The van der Waals surface area contributed by atoms with Crippen molar-refractivity contribution in [2.24, 2.45) is 0 Å². The fourth-order valence-corrected chi connectivity index (χ4v) is 2.45. The van der Waals surface area contributed by atoms with Crippen LogP contribution in [0.5, 0.6) is 0 Å². The van der Waals surface area contributed by atoms with Crippen LogP contribution in [-0.4, -0.2) is 22.3 Å². The first kappa shape index (κ1) is 17.8. The number of hydrogen-bond donors (Lipinski definition) is 0. The molecule has 1 unspecified atom stereocenters. The van der Waals surface area contributed by atoms with Crippen LogP contribution >= 0.6 is 11.6 Å². The van der Waals surface area contributed by atoms with Gasteiger partial charge in [-0.05, 0) is 24.1 Å². The normalized spacial score (nSPS) is 12.8. The quantitative estimate of drug-likeness (QED) is 0.558. The Kier molecular flexibility index (Phi) is 7.91. The minimum atomic E-state index is 0.0431. The van der Waals surface area contributed by atoms with E-state index in [2.05, 4.69) is 24.1 Å². The number of halogens is 1. The summed E-state index contributed by atoms with van der Waals surface area (Å²) in [5.74, 6) is 0. The van der Waals surface area contributed by atoms with Gasteiger partial charge in [0, 0.05) is 24.0 Å². The molecule has 124 valence electrons. The zero-order valence-corrected chi connectivity index (χ0v) is 14.5. The van der Waals surface area contributed by atoms with Gasteiger partial charge in [0.1, 0.15) is 0 Å². The zero-order valence-electron chi connectivity index (χ0n) is 13.7. The Balaban J connectivity index is 1.90. The number of imidazole rings is 1. The number of nitrogens with zero attached hydrogens (tertiary/aromatic N) is 2. The van der Waals surface area contributed by atoms with Crippen molar-refractivity contribution in [3.8, 4) is 0 Å². The summed E-state index contributed by atoms with van der Waals surface area (Å²) >= 11 is 5.92. The summed E-state index contributed by atoms with van der Waals surface area (Å²) in [7, 11) is 0. The molecule has 2 aromatic rings. The third-order valence-corrected chi connectivity index (χ3v) is 3.91. The lowest BCUT2D eigenvalue weighted by atomic mass is 10.2. The molecule has 0 aliphatic carbocycles. The maximum atomic E-state index is 6.05. The highest BCUT2D eigenvalue weighted by Crippen LogP contribution is 2.12. The third kappa shape index (κ3) is 7.02. The topological polar surface area (TPSA) is 27.1 Å². The summed E-state index contributed by atoms with van der Waals surface area (Å²) in [6, 6.07) is 7.82. The standard InChI is InChI=1S/C19H25ClN2O/c1-2-3-4-5-14-23-19(15-22-13-12-21-16-22)11-8-17-6-9-18(20)10-7-17/h6-13,16,19H,2-5,14-15H2,1H3/b11-8+. The lowest BCUT2D eigenvalue weighted by molar-refractivity contribution is 0.0710. The van der Waals surface area contributed by atoms with Gasteiger partial charge in [-0.25, -0.2) is 4.98 Å². The molecule has 0 radical (unpaired) electrons. The van der Waals surface area contributed by atoms with Crippen molar-refractivity contribution in [1.29, 1.82) is 0 Å². The second-order valence-corrected chi connectivity index (χ2v) is 6.08. The van der Waals surface area contributed by atoms with E-state index in [0.717, 1.165) is 30.2 Å². The van der Waals surface area contributed by atoms with Crippen molar-refractivity contribution in [2.45, 2.75) is 45.3 Å². The van der Waals surface area contributed by atoms with Gasteiger partial charge in [0.25, 0.3) is 0 Å². The van der Waals surface area contributed by atoms with E-state index in [1.165, 1.54) is 19.3 Å². The van der Waals surface area contributed by atoms with E-state index in [1.54, 1.807) is 6.20 Å². The molecule has 1 atom stereocenters. The van der Waals surface area contributed by atoms with E-state index in [9.17, 15) is 0 Å². The molecule has 0 bridgehead atoms. The Bertz CT molecular complexity index is 564. The molecule has 0 saturated carbocycles. The van der Waals surface area contributed by atoms with Crippen LogP contribution in [-0.2, 0) is 11.3 Å². The van der Waals surface area contributed by atoms with Crippen molar-refractivity contribution >= 4 is 17.7 Å². The monoisotopic (exact) mass is 332 g/mol. The van der Waals surface area contributed by atoms with Gasteiger partial charge in [0.15, 0.2) is 0 Å². The van der Waals surface area contributed by atoms with E-state index in [-0.39, 0.29) is 6.10 Å². The number of ether oxygens (including phenoxy) is 1. The van der Waals surface area contributed by atoms with Crippen molar-refractivity contribution < 1.29 is 4.74 Å². The minimum Gasteiger partial charge on any atom is -0.372 e. The van der Waals surface area contributed by atoms with Gasteiger partial charge in [-0.2, -0.15) is 0 Å². The lowest BCUT2D eigenvalue weighted by Crippen LogP contribution is -2.17. The summed E-state index contributed by atoms with van der Waals surface area (Å²) in [6.07, 6.45) is 14.7. The van der Waals surface area contributed by atoms with Crippen molar-refractivity contribution in [3.63, 3.8) is 0 Å². The first-order chi connectivity index (χ1) is 11.3. The van der Waals surface area contributed by atoms with Gasteiger partial charge in [-0.3, -0.25) is 0 Å². The molecule has 23 heavy (non-hydrogen) atoms. The molecule has 3 nitrogen and oxygen atoms in total. The average Bonchev–Trinajstić information content (AvgIpc) is 3.06. The summed E-state index contributed by atoms with van der Waals surface area (Å²) in [5.41, 5.74) is 1.12. The fraction of sp³-hybridized carbons (Fsp3) is 0.421. The third-order valence-electron chi connectivity index (χ3n) is 3.65. The van der Waals surface area contributed by atoms with Crippen LogP contribution in [0.3, 0.4) is 0 Å². The number of benzene rings is 1. The molecule has 0 aliphatic rings. The minimum absolute atomic E-state index is 0.0431. The summed E-state index contributed by atoms with van der Waals surface area (Å²) in [6.45, 7) is 3.79. The second-order valence-electron chi connectivity index (χ2n) is 5.64. The Morgan fingerprint density at radius 1 is 1.22 bits per heavy atom. The van der Waals surface area contributed by atoms with Gasteiger partial charge in [0.05, 0.1) is 19.0 Å². The highest BCUT2D eigenvalue weighted by Gasteiger charge is 2.06. The van der Waals surface area contributed by atoms with Crippen LogP contribution < -0.4 is 0 Å². The Morgan fingerprint density at radius 3 is 2.74 bits per heavy atom. The lowest BCUT2D eigenvalue weighted by Gasteiger charge is -2.15. The second kappa shape index (κ2) is 10.2. The first-order valence-corrected chi connectivity index (χ1v) is 8.67. The molecule has 0 fully saturated rings. The summed E-state index contributed by atoms with van der Waals surface area (Å²) in [5, 5.41) is 0.754. The molecule has 1 aromatic heterocycles.